The highest BCUT2D eigenvalue weighted by molar-refractivity contribution is 7.89. The van der Waals surface area contributed by atoms with Crippen molar-refractivity contribution < 1.29 is 21.6 Å². The number of hydrogen-bond donors (Lipinski definition) is 1. The molecule has 0 aliphatic carbocycles. The van der Waals surface area contributed by atoms with E-state index in [1.807, 2.05) is 4.90 Å². The first kappa shape index (κ1) is 25.5. The van der Waals surface area contributed by atoms with E-state index in [9.17, 15) is 21.6 Å². The molecule has 35 heavy (non-hydrogen) atoms. The maximum atomic E-state index is 12.7. The fourth-order valence-corrected chi connectivity index (χ4v) is 7.03. The zero-order valence-corrected chi connectivity index (χ0v) is 21.0. The van der Waals surface area contributed by atoms with Crippen LogP contribution in [0, 0.1) is 0 Å². The van der Waals surface area contributed by atoms with Crippen molar-refractivity contribution in [2.45, 2.75) is 24.2 Å². The Balaban J connectivity index is 1.26. The standard InChI is InChI=1S/C22H30N6O5S2/c29-21(19-5-7-20(8-6-19)35(32,33)28-12-2-1-3-13-28)23-11-18-34(30,31)27-16-14-26(15-17-27)22-24-9-4-10-25-22/h4-10H,1-3,11-18H2,(H,23,29). The molecular formula is C22H30N6O5S2. The average molecular weight is 523 g/mol. The molecule has 1 amide bonds. The molecule has 1 N–H and O–H groups in total. The molecule has 0 radical (unpaired) electrons. The number of piperidine rings is 1. The Morgan fingerprint density at radius 3 is 2.09 bits per heavy atom. The van der Waals surface area contributed by atoms with Gasteiger partial charge in [0.1, 0.15) is 0 Å². The number of nitrogens with zero attached hydrogens (tertiary/aromatic N) is 5. The summed E-state index contributed by atoms with van der Waals surface area (Å²) in [5.74, 6) is -0.0955. The normalized spacial score (nSPS) is 18.3. The minimum atomic E-state index is -3.57. The lowest BCUT2D eigenvalue weighted by molar-refractivity contribution is 0.0956. The molecule has 3 heterocycles. The van der Waals surface area contributed by atoms with Gasteiger partial charge in [-0.05, 0) is 43.2 Å². The van der Waals surface area contributed by atoms with Crippen LogP contribution in [0.5, 0.6) is 0 Å². The molecule has 0 saturated carbocycles. The summed E-state index contributed by atoms with van der Waals surface area (Å²) in [6.45, 7) is 2.59. The highest BCUT2D eigenvalue weighted by Crippen LogP contribution is 2.21. The number of benzene rings is 1. The minimum Gasteiger partial charge on any atom is -0.351 e. The van der Waals surface area contributed by atoms with Gasteiger partial charge in [-0.15, -0.1) is 0 Å². The molecular weight excluding hydrogens is 492 g/mol. The van der Waals surface area contributed by atoms with Gasteiger partial charge in [0.05, 0.1) is 10.6 Å². The predicted octanol–water partition coefficient (Wildman–Crippen LogP) is 0.533. The highest BCUT2D eigenvalue weighted by atomic mass is 32.2. The molecule has 2 aromatic rings. The van der Waals surface area contributed by atoms with Crippen LogP contribution in [0.15, 0.2) is 47.6 Å². The molecule has 13 heteroatoms. The van der Waals surface area contributed by atoms with Crippen molar-refractivity contribution >= 4 is 31.9 Å². The minimum absolute atomic E-state index is 0.0446. The summed E-state index contributed by atoms with van der Waals surface area (Å²) in [5, 5.41) is 2.62. The van der Waals surface area contributed by atoms with Crippen LogP contribution in [0.4, 0.5) is 5.95 Å². The van der Waals surface area contributed by atoms with Gasteiger partial charge in [0.15, 0.2) is 0 Å². The molecule has 11 nitrogen and oxygen atoms in total. The molecule has 4 rings (SSSR count). The molecule has 2 aliphatic heterocycles. The highest BCUT2D eigenvalue weighted by Gasteiger charge is 2.28. The first-order valence-electron chi connectivity index (χ1n) is 11.7. The van der Waals surface area contributed by atoms with E-state index in [4.69, 9.17) is 0 Å². The fourth-order valence-electron chi connectivity index (χ4n) is 4.18. The third kappa shape index (κ3) is 6.15. The number of nitrogens with one attached hydrogen (secondary N) is 1. The van der Waals surface area contributed by atoms with E-state index in [0.29, 0.717) is 45.2 Å². The summed E-state index contributed by atoms with van der Waals surface area (Å²) >= 11 is 0. The molecule has 1 aromatic heterocycles. The van der Waals surface area contributed by atoms with Gasteiger partial charge in [0, 0.05) is 63.8 Å². The van der Waals surface area contributed by atoms with Gasteiger partial charge in [0.25, 0.3) is 5.91 Å². The molecule has 1 aromatic carbocycles. The Hall–Kier alpha value is -2.61. The lowest BCUT2D eigenvalue weighted by Crippen LogP contribution is -2.50. The predicted molar refractivity (Wildman–Crippen MR) is 131 cm³/mol. The van der Waals surface area contributed by atoms with Crippen LogP contribution in [0.25, 0.3) is 0 Å². The number of carbonyl (C=O) groups excluding carboxylic acids is 1. The van der Waals surface area contributed by atoms with Crippen molar-refractivity contribution in [3.8, 4) is 0 Å². The first-order chi connectivity index (χ1) is 16.8. The number of sulfonamides is 2. The molecule has 0 bridgehead atoms. The van der Waals surface area contributed by atoms with Gasteiger partial charge >= 0.3 is 0 Å². The summed E-state index contributed by atoms with van der Waals surface area (Å²) in [6.07, 6.45) is 6.02. The second-order valence-corrected chi connectivity index (χ2v) is 12.5. The third-order valence-corrected chi connectivity index (χ3v) is 9.97. The number of amides is 1. The summed E-state index contributed by atoms with van der Waals surface area (Å²) in [7, 11) is -7.11. The molecule has 2 aliphatic rings. The zero-order chi connectivity index (χ0) is 24.9. The number of rotatable bonds is 8. The molecule has 2 saturated heterocycles. The van der Waals surface area contributed by atoms with Crippen molar-refractivity contribution in [3.05, 3.63) is 48.3 Å². The van der Waals surface area contributed by atoms with Gasteiger partial charge < -0.3 is 10.2 Å². The van der Waals surface area contributed by atoms with Crippen LogP contribution in [-0.2, 0) is 20.0 Å². The monoisotopic (exact) mass is 522 g/mol. The van der Waals surface area contributed by atoms with Gasteiger partial charge in [0.2, 0.25) is 26.0 Å². The van der Waals surface area contributed by atoms with Crippen molar-refractivity contribution in [2.24, 2.45) is 0 Å². The number of piperazine rings is 1. The van der Waals surface area contributed by atoms with E-state index >= 15 is 0 Å². The molecule has 0 spiro atoms. The van der Waals surface area contributed by atoms with E-state index in [1.165, 1.54) is 32.9 Å². The number of anilines is 1. The van der Waals surface area contributed by atoms with E-state index in [2.05, 4.69) is 15.3 Å². The summed E-state index contributed by atoms with van der Waals surface area (Å²) in [5.41, 5.74) is 0.275. The molecule has 190 valence electrons. The largest absolute Gasteiger partial charge is 0.351 e. The lowest BCUT2D eigenvalue weighted by Gasteiger charge is -2.33. The van der Waals surface area contributed by atoms with E-state index in [0.717, 1.165) is 19.3 Å². The summed E-state index contributed by atoms with van der Waals surface area (Å²) in [6, 6.07) is 7.47. The molecule has 2 fully saturated rings. The Labute approximate surface area is 206 Å². The van der Waals surface area contributed by atoms with Gasteiger partial charge in [-0.1, -0.05) is 6.42 Å². The van der Waals surface area contributed by atoms with Crippen LogP contribution < -0.4 is 10.2 Å². The average Bonchev–Trinajstić information content (AvgIpc) is 2.89. The van der Waals surface area contributed by atoms with Crippen LogP contribution in [-0.4, -0.2) is 92.9 Å². The van der Waals surface area contributed by atoms with E-state index < -0.39 is 26.0 Å². The van der Waals surface area contributed by atoms with Crippen LogP contribution >= 0.6 is 0 Å². The zero-order valence-electron chi connectivity index (χ0n) is 19.4. The molecule has 0 atom stereocenters. The maximum absolute atomic E-state index is 12.7. The van der Waals surface area contributed by atoms with E-state index in [-0.39, 0.29) is 22.8 Å². The van der Waals surface area contributed by atoms with Gasteiger partial charge in [-0.2, -0.15) is 8.61 Å². The van der Waals surface area contributed by atoms with Crippen molar-refractivity contribution in [3.63, 3.8) is 0 Å². The maximum Gasteiger partial charge on any atom is 0.251 e. The third-order valence-electron chi connectivity index (χ3n) is 6.18. The van der Waals surface area contributed by atoms with Crippen molar-refractivity contribution in [1.82, 2.24) is 23.9 Å². The second kappa shape index (κ2) is 11.0. The number of hydrogen-bond acceptors (Lipinski definition) is 8. The Kier molecular flexibility index (Phi) is 7.99. The number of carbonyl (C=O) groups is 1. The summed E-state index contributed by atoms with van der Waals surface area (Å²) < 4.78 is 53.8. The lowest BCUT2D eigenvalue weighted by atomic mass is 10.2. The van der Waals surface area contributed by atoms with Crippen molar-refractivity contribution in [1.29, 1.82) is 0 Å². The number of aromatic nitrogens is 2. The Morgan fingerprint density at radius 1 is 0.829 bits per heavy atom. The SMILES string of the molecule is O=C(NCCS(=O)(=O)N1CCN(c2ncccn2)CC1)c1ccc(S(=O)(=O)N2CCCCC2)cc1. The second-order valence-electron chi connectivity index (χ2n) is 8.50. The topological polar surface area (TPSA) is 133 Å². The quantitative estimate of drug-likeness (QED) is 0.531. The van der Waals surface area contributed by atoms with Gasteiger partial charge in [-0.25, -0.2) is 26.8 Å². The smallest absolute Gasteiger partial charge is 0.251 e. The van der Waals surface area contributed by atoms with Crippen LogP contribution in [0.3, 0.4) is 0 Å². The fraction of sp³-hybridized carbons (Fsp3) is 0.500. The van der Waals surface area contributed by atoms with Crippen molar-refractivity contribution in [2.75, 3.05) is 56.5 Å². The first-order valence-corrected chi connectivity index (χ1v) is 14.7. The van der Waals surface area contributed by atoms with Crippen LogP contribution in [0.2, 0.25) is 0 Å². The van der Waals surface area contributed by atoms with Crippen LogP contribution in [0.1, 0.15) is 29.6 Å². The molecule has 0 unspecified atom stereocenters. The van der Waals surface area contributed by atoms with Gasteiger partial charge in [-0.3, -0.25) is 4.79 Å². The summed E-state index contributed by atoms with van der Waals surface area (Å²) in [4.78, 5) is 22.9. The Bertz CT molecular complexity index is 1210. The van der Waals surface area contributed by atoms with E-state index in [1.54, 1.807) is 18.5 Å². The Morgan fingerprint density at radius 2 is 1.46 bits per heavy atom.